The number of halogens is 5. The Bertz CT molecular complexity index is 7110. The van der Waals surface area contributed by atoms with Crippen molar-refractivity contribution in [2.24, 2.45) is 5.73 Å². The van der Waals surface area contributed by atoms with Crippen LogP contribution in [0.15, 0.2) is 170 Å². The zero-order valence-electron chi connectivity index (χ0n) is 66.2. The van der Waals surface area contributed by atoms with E-state index >= 15 is 0 Å². The van der Waals surface area contributed by atoms with Crippen molar-refractivity contribution >= 4 is 115 Å². The van der Waals surface area contributed by atoms with Crippen molar-refractivity contribution in [3.8, 4) is 45.3 Å². The van der Waals surface area contributed by atoms with Crippen LogP contribution in [-0.2, 0) is 57.5 Å². The van der Waals surface area contributed by atoms with Crippen molar-refractivity contribution in [1.29, 1.82) is 5.41 Å². The molecule has 5 aliphatic rings. The van der Waals surface area contributed by atoms with Gasteiger partial charge in [-0.2, -0.15) is 43.8 Å². The molecule has 10 aromatic heterocycles. The van der Waals surface area contributed by atoms with Crippen molar-refractivity contribution in [3.63, 3.8) is 0 Å². The molecular formula is C94H85F5N20O2. The summed E-state index contributed by atoms with van der Waals surface area (Å²) in [7, 11) is 0. The van der Waals surface area contributed by atoms with Gasteiger partial charge in [0.2, 0.25) is 0 Å². The zero-order chi connectivity index (χ0) is 82.7. The average molecular weight is 1620 g/mol. The number of pyridine rings is 4. The Labute approximate surface area is 688 Å². The Hall–Kier alpha value is -14.0. The van der Waals surface area contributed by atoms with E-state index < -0.39 is 34.9 Å². The molecule has 0 saturated carbocycles. The van der Waals surface area contributed by atoms with Crippen LogP contribution in [0, 0.1) is 24.0 Å². The summed E-state index contributed by atoms with van der Waals surface area (Å²) in [5.41, 5.74) is 38.1. The summed E-state index contributed by atoms with van der Waals surface area (Å²) in [5, 5.41) is 83.4. The maximum Gasteiger partial charge on any atom is 0.419 e. The molecule has 608 valence electrons. The van der Waals surface area contributed by atoms with E-state index in [1.807, 2.05) is 73.3 Å². The number of aromatic hydroxyl groups is 2. The highest BCUT2D eigenvalue weighted by molar-refractivity contribution is 6.11. The molecule has 0 fully saturated rings. The predicted molar refractivity (Wildman–Crippen MR) is 464 cm³/mol. The van der Waals surface area contributed by atoms with Crippen molar-refractivity contribution < 1.29 is 32.2 Å². The Morgan fingerprint density at radius 1 is 0.438 bits per heavy atom. The van der Waals surface area contributed by atoms with Crippen LogP contribution < -0.4 is 16.8 Å². The number of H-pyrrole nitrogens is 6. The number of fused-ring (bicyclic) bond motifs is 21. The number of nitrogens with zero attached hydrogens (tertiary/aromatic N) is 10. The van der Waals surface area contributed by atoms with Crippen LogP contribution in [-0.4, -0.2) is 97.2 Å². The molecule has 23 rings (SSSR count). The topological polar surface area (TPSA) is 352 Å². The molecular weight excluding hydrogens is 1540 g/mol. The molecule has 10 heterocycles. The van der Waals surface area contributed by atoms with Gasteiger partial charge < -0.3 is 27.0 Å². The summed E-state index contributed by atoms with van der Waals surface area (Å²) in [6, 6.07) is 35.6. The quantitative estimate of drug-likeness (QED) is 0.0291. The molecule has 0 bridgehead atoms. The summed E-state index contributed by atoms with van der Waals surface area (Å²) >= 11 is 0. The predicted octanol–water partition coefficient (Wildman–Crippen LogP) is 20.8. The molecule has 0 radical (unpaired) electrons. The fraction of sp³-hybridized carbons (Fsp3) is 0.245. The third-order valence-corrected chi connectivity index (χ3v) is 24.5. The Morgan fingerprint density at radius 2 is 0.884 bits per heavy atom. The van der Waals surface area contributed by atoms with Crippen LogP contribution in [0.5, 0.6) is 11.5 Å². The number of benzene rings is 8. The van der Waals surface area contributed by atoms with Gasteiger partial charge in [0.1, 0.15) is 23.2 Å². The van der Waals surface area contributed by atoms with Gasteiger partial charge in [-0.25, -0.2) is 28.7 Å². The second kappa shape index (κ2) is 32.0. The lowest BCUT2D eigenvalue weighted by Crippen LogP contribution is -2.16. The number of nitrogen functional groups attached to an aromatic ring is 2. The van der Waals surface area contributed by atoms with E-state index in [2.05, 4.69) is 127 Å². The minimum Gasteiger partial charge on any atom is -0.507 e. The van der Waals surface area contributed by atoms with Crippen LogP contribution in [0.1, 0.15) is 150 Å². The molecule has 27 heteroatoms. The zero-order valence-corrected chi connectivity index (χ0v) is 66.2. The van der Waals surface area contributed by atoms with Gasteiger partial charge in [0.05, 0.1) is 116 Å². The Balaban J connectivity index is 0.000000100. The lowest BCUT2D eigenvalue weighted by molar-refractivity contribution is -0.138. The standard InChI is InChI=1S/C21H16F3N3O.C21H23N5.C20H15F2N3O.C18H17N5.C14H14N4/c22-21(23,24)15-9-11(5-8-18(15)28)20-13-4-2-1-3-12(13)19-14-10-25-27-16(14)6-7-17(19)26-20;22-21(23)16-8-6-15(7-9-16)20(14-4-2-1-3-5-14)25-18-10-11-19-17(12-18)13-24-26-19;21-14-8-18(26)15(22)7-12(14)20-11-4-2-1-3-10(11)19-13-9-23-25-16(13)5-6-17(19)24-20;1-10-13(8-19-22-10)18-12-5-3-2-4-11(12)17-14-9-20-23-15(14)6-7-16(17)21-18;15-14-9-4-2-1-3-8(9)13-10-7-16-18-11(10)5-6-12(13)17-14/h5-10,28H,1-4H2,(H,25,27);4,6-13,20,25H,1-3,5H2,(H3,22,23)(H,24,26);5-9,26H,1-4H2,(H,23,25);6-9H,2-5H2,1H3,(H,19,22)(H,20,23);5-7H,1-4H2,(H2,15,17)(H,16,18). The number of aryl methyl sites for hydroxylation is 5. The van der Waals surface area contributed by atoms with Crippen molar-refractivity contribution in [2.45, 2.75) is 148 Å². The molecule has 1 atom stereocenters. The van der Waals surface area contributed by atoms with Gasteiger partial charge >= 0.3 is 6.18 Å². The molecule has 0 saturated heterocycles. The Morgan fingerprint density at radius 3 is 1.38 bits per heavy atom. The number of hydrogen-bond donors (Lipinski definition) is 12. The molecule has 18 aromatic rings. The fourth-order valence-corrected chi connectivity index (χ4v) is 18.7. The number of allylic oxidation sites excluding steroid dienone is 1. The van der Waals surface area contributed by atoms with E-state index in [0.717, 1.165) is 247 Å². The van der Waals surface area contributed by atoms with E-state index in [4.69, 9.17) is 31.8 Å². The molecule has 8 aromatic carbocycles. The van der Waals surface area contributed by atoms with Gasteiger partial charge in [0.25, 0.3) is 0 Å². The lowest BCUT2D eigenvalue weighted by Gasteiger charge is -2.26. The smallest absolute Gasteiger partial charge is 0.419 e. The van der Waals surface area contributed by atoms with Gasteiger partial charge in [-0.05, 0) is 282 Å². The van der Waals surface area contributed by atoms with Gasteiger partial charge in [-0.1, -0.05) is 30.3 Å². The molecule has 0 amide bonds. The van der Waals surface area contributed by atoms with Crippen molar-refractivity contribution in [3.05, 3.63) is 249 Å². The lowest BCUT2D eigenvalue weighted by atomic mass is 9.85. The second-order valence-corrected chi connectivity index (χ2v) is 31.9. The fourth-order valence-electron chi connectivity index (χ4n) is 18.7. The van der Waals surface area contributed by atoms with E-state index in [9.17, 15) is 32.2 Å². The number of nitrogens with two attached hydrogens (primary N) is 2. The summed E-state index contributed by atoms with van der Waals surface area (Å²) in [6.45, 7) is 2.06. The van der Waals surface area contributed by atoms with Crippen molar-refractivity contribution in [2.75, 3.05) is 11.1 Å². The highest BCUT2D eigenvalue weighted by Gasteiger charge is 2.35. The SMILES string of the molecule is Cc1[nH]ncc1-c1nc2ccc3[nH]ncc3c2c2c1CCCC2.N=C(N)c1ccc(C(Nc2ccc3[nH]ncc3c2)C2=CCCCC2)cc1.Nc1nc2ccc3[nH]ncc3c2c2c1CCCC2.Oc1cc(F)c(-c2nc3ccc4[nH]ncc4c3c3c2CCCC3)cc1F.Oc1ccc(-c2nc3ccc4[nH]ncc4c3c3c2CCCC3)cc1C(F)(F)F. The maximum absolute atomic E-state index is 14.5. The van der Waals surface area contributed by atoms with Gasteiger partial charge in [0, 0.05) is 88.2 Å². The molecule has 1 unspecified atom stereocenters. The first kappa shape index (κ1) is 77.0. The van der Waals surface area contributed by atoms with E-state index in [0.29, 0.717) is 22.8 Å². The molecule has 0 aliphatic heterocycles. The number of phenols is 2. The number of nitrogens with one attached hydrogen (secondary N) is 8. The summed E-state index contributed by atoms with van der Waals surface area (Å²) in [5.74, 6) is -2.18. The third kappa shape index (κ3) is 14.6. The molecule has 0 spiro atoms. The van der Waals surface area contributed by atoms with E-state index in [1.54, 1.807) is 12.4 Å². The number of alkyl halides is 3. The van der Waals surface area contributed by atoms with Gasteiger partial charge in [-0.3, -0.25) is 36.0 Å². The summed E-state index contributed by atoms with van der Waals surface area (Å²) in [6.07, 6.45) is 30.2. The van der Waals surface area contributed by atoms with E-state index in [1.165, 1.54) is 94.1 Å². The first-order chi connectivity index (χ1) is 58.9. The minimum absolute atomic E-state index is 0.0904. The largest absolute Gasteiger partial charge is 0.507 e. The Kier molecular flexibility index (Phi) is 20.4. The monoisotopic (exact) mass is 1620 g/mol. The highest BCUT2D eigenvalue weighted by atomic mass is 19.4. The van der Waals surface area contributed by atoms with Crippen LogP contribution in [0.4, 0.5) is 33.5 Å². The first-order valence-corrected chi connectivity index (χ1v) is 41.2. The van der Waals surface area contributed by atoms with Crippen molar-refractivity contribution in [1.82, 2.24) is 81.1 Å². The van der Waals surface area contributed by atoms with Crippen LogP contribution >= 0.6 is 0 Å². The number of aromatic nitrogens is 16. The first-order valence-electron chi connectivity index (χ1n) is 41.2. The van der Waals surface area contributed by atoms with Gasteiger partial charge in [0.15, 0.2) is 11.6 Å². The average Bonchev–Trinajstić information content (AvgIpc) is 1.40. The number of phenolic OH excluding ortho intramolecular Hbond substituents is 2. The third-order valence-electron chi connectivity index (χ3n) is 24.5. The van der Waals surface area contributed by atoms with E-state index in [-0.39, 0.29) is 17.4 Å². The summed E-state index contributed by atoms with van der Waals surface area (Å²) in [4.78, 5) is 19.0. The molecule has 121 heavy (non-hydrogen) atoms. The number of rotatable bonds is 8. The summed E-state index contributed by atoms with van der Waals surface area (Å²) < 4.78 is 68.3. The normalized spacial score (nSPS) is 14.7. The van der Waals surface area contributed by atoms with Crippen LogP contribution in [0.25, 0.3) is 132 Å². The molecule has 14 N–H and O–H groups in total. The second-order valence-electron chi connectivity index (χ2n) is 31.9. The molecule has 22 nitrogen and oxygen atoms in total. The van der Waals surface area contributed by atoms with Crippen LogP contribution in [0.3, 0.4) is 0 Å². The number of anilines is 2. The molecule has 5 aliphatic carbocycles. The maximum atomic E-state index is 14.5. The number of aromatic amines is 6. The number of amidine groups is 1. The van der Waals surface area contributed by atoms with Crippen LogP contribution in [0.2, 0.25) is 0 Å². The number of hydrogen-bond acceptors (Lipinski definition) is 15. The minimum atomic E-state index is -4.63. The highest BCUT2D eigenvalue weighted by Crippen LogP contribution is 2.46. The van der Waals surface area contributed by atoms with Gasteiger partial charge in [-0.15, -0.1) is 0 Å².